The van der Waals surface area contributed by atoms with E-state index in [-0.39, 0.29) is 35.9 Å². The lowest BCUT2D eigenvalue weighted by atomic mass is 10.1. The van der Waals surface area contributed by atoms with E-state index in [9.17, 15) is 4.39 Å². The molecule has 170 valence electrons. The number of likely N-dealkylation sites (tertiary alicyclic amines) is 1. The highest BCUT2D eigenvalue weighted by atomic mass is 127. The molecule has 0 aromatic heterocycles. The third-order valence-corrected chi connectivity index (χ3v) is 5.29. The first-order valence-corrected chi connectivity index (χ1v) is 10.9. The molecule has 30 heavy (non-hydrogen) atoms. The van der Waals surface area contributed by atoms with Crippen molar-refractivity contribution >= 4 is 29.9 Å². The van der Waals surface area contributed by atoms with Crippen LogP contribution in [0.15, 0.2) is 29.3 Å². The van der Waals surface area contributed by atoms with Gasteiger partial charge in [-0.1, -0.05) is 6.07 Å². The molecular weight excluding hydrogens is 500 g/mol. The van der Waals surface area contributed by atoms with Crippen molar-refractivity contribution in [2.24, 2.45) is 4.99 Å². The zero-order valence-electron chi connectivity index (χ0n) is 17.9. The van der Waals surface area contributed by atoms with Crippen LogP contribution < -0.4 is 10.1 Å². The number of nitrogens with zero attached hydrogens (tertiary/aromatic N) is 2. The number of nitrogens with one attached hydrogen (secondary N) is 1. The van der Waals surface area contributed by atoms with Gasteiger partial charge in [0.1, 0.15) is 18.2 Å². The molecule has 1 aromatic carbocycles. The largest absolute Gasteiger partial charge is 0.492 e. The molecule has 2 aliphatic heterocycles. The molecule has 1 unspecified atom stereocenters. The first kappa shape index (κ1) is 25.1. The minimum absolute atomic E-state index is 0. The third kappa shape index (κ3) is 8.55. The molecule has 0 radical (unpaired) electrons. The molecule has 0 saturated carbocycles. The fourth-order valence-corrected chi connectivity index (χ4v) is 3.71. The SMILES string of the molecule is CCNC(=NCCOc1cccc(F)c1)N1CCC(OCC2CCCCO2)CC1.I. The number of hydrogen-bond acceptors (Lipinski definition) is 4. The van der Waals surface area contributed by atoms with Crippen molar-refractivity contribution in [3.63, 3.8) is 0 Å². The zero-order chi connectivity index (χ0) is 20.3. The summed E-state index contributed by atoms with van der Waals surface area (Å²) in [5.41, 5.74) is 0. The number of halogens is 2. The summed E-state index contributed by atoms with van der Waals surface area (Å²) >= 11 is 0. The predicted octanol–water partition coefficient (Wildman–Crippen LogP) is 3.84. The highest BCUT2D eigenvalue weighted by Crippen LogP contribution is 2.18. The Balaban J connectivity index is 0.00000320. The van der Waals surface area contributed by atoms with Crippen molar-refractivity contribution in [2.45, 2.75) is 51.2 Å². The van der Waals surface area contributed by atoms with Gasteiger partial charge >= 0.3 is 0 Å². The van der Waals surface area contributed by atoms with Gasteiger partial charge in [0, 0.05) is 32.3 Å². The lowest BCUT2D eigenvalue weighted by Gasteiger charge is -2.35. The van der Waals surface area contributed by atoms with E-state index in [4.69, 9.17) is 14.2 Å². The summed E-state index contributed by atoms with van der Waals surface area (Å²) in [6.45, 7) is 7.26. The van der Waals surface area contributed by atoms with Crippen molar-refractivity contribution in [2.75, 3.05) is 46.0 Å². The Morgan fingerprint density at radius 2 is 2.10 bits per heavy atom. The molecule has 2 heterocycles. The second kappa shape index (κ2) is 14.0. The van der Waals surface area contributed by atoms with E-state index >= 15 is 0 Å². The first-order valence-electron chi connectivity index (χ1n) is 10.9. The zero-order valence-corrected chi connectivity index (χ0v) is 20.2. The van der Waals surface area contributed by atoms with Crippen LogP contribution in [0, 0.1) is 5.82 Å². The van der Waals surface area contributed by atoms with E-state index in [0.717, 1.165) is 58.1 Å². The van der Waals surface area contributed by atoms with Crippen LogP contribution in [0.1, 0.15) is 39.0 Å². The molecule has 2 saturated heterocycles. The second-order valence-corrected chi connectivity index (χ2v) is 7.55. The van der Waals surface area contributed by atoms with E-state index in [1.54, 1.807) is 12.1 Å². The number of benzene rings is 1. The van der Waals surface area contributed by atoms with Crippen LogP contribution >= 0.6 is 24.0 Å². The summed E-state index contributed by atoms with van der Waals surface area (Å²) in [7, 11) is 0. The van der Waals surface area contributed by atoms with Crippen molar-refractivity contribution < 1.29 is 18.6 Å². The lowest BCUT2D eigenvalue weighted by molar-refractivity contribution is -0.0721. The Morgan fingerprint density at radius 1 is 1.27 bits per heavy atom. The van der Waals surface area contributed by atoms with Gasteiger partial charge in [0.15, 0.2) is 5.96 Å². The van der Waals surface area contributed by atoms with Gasteiger partial charge in [0.25, 0.3) is 0 Å². The smallest absolute Gasteiger partial charge is 0.194 e. The van der Waals surface area contributed by atoms with E-state index < -0.39 is 0 Å². The molecule has 1 atom stereocenters. The summed E-state index contributed by atoms with van der Waals surface area (Å²) in [4.78, 5) is 6.95. The standard InChI is InChI=1S/C22H34FN3O3.HI/c1-2-24-22(25-11-15-28-20-8-5-6-18(23)16-20)26-12-9-19(10-13-26)29-17-21-7-3-4-14-27-21;/h5-6,8,16,19,21H,2-4,7,9-15,17H2,1H3,(H,24,25);1H. The normalized spacial score (nSPS) is 20.5. The van der Waals surface area contributed by atoms with Crippen molar-refractivity contribution in [1.29, 1.82) is 0 Å². The van der Waals surface area contributed by atoms with E-state index in [2.05, 4.69) is 22.1 Å². The maximum absolute atomic E-state index is 13.2. The van der Waals surface area contributed by atoms with E-state index in [0.29, 0.717) is 25.0 Å². The van der Waals surface area contributed by atoms with Gasteiger partial charge < -0.3 is 24.4 Å². The van der Waals surface area contributed by atoms with Gasteiger partial charge in [0.05, 0.1) is 25.4 Å². The molecule has 1 aromatic rings. The van der Waals surface area contributed by atoms with Gasteiger partial charge in [-0.2, -0.15) is 0 Å². The molecule has 0 spiro atoms. The van der Waals surface area contributed by atoms with E-state index in [1.807, 2.05) is 0 Å². The Hall–Kier alpha value is -1.13. The number of hydrogen-bond donors (Lipinski definition) is 1. The second-order valence-electron chi connectivity index (χ2n) is 7.55. The lowest BCUT2D eigenvalue weighted by Crippen LogP contribution is -2.47. The summed E-state index contributed by atoms with van der Waals surface area (Å²) in [5.74, 6) is 1.15. The molecule has 6 nitrogen and oxygen atoms in total. The van der Waals surface area contributed by atoms with Crippen LogP contribution in [0.25, 0.3) is 0 Å². The fraction of sp³-hybridized carbons (Fsp3) is 0.682. The Kier molecular flexibility index (Phi) is 11.8. The molecule has 1 N–H and O–H groups in total. The summed E-state index contributed by atoms with van der Waals surface area (Å²) in [5, 5.41) is 3.36. The molecule has 0 amide bonds. The Labute approximate surface area is 196 Å². The summed E-state index contributed by atoms with van der Waals surface area (Å²) in [6.07, 6.45) is 6.11. The summed E-state index contributed by atoms with van der Waals surface area (Å²) < 4.78 is 30.6. The van der Waals surface area contributed by atoms with Crippen LogP contribution in [0.5, 0.6) is 5.75 Å². The average Bonchev–Trinajstić information content (AvgIpc) is 2.76. The number of aliphatic imine (C=N–C) groups is 1. The predicted molar refractivity (Wildman–Crippen MR) is 127 cm³/mol. The average molecular weight is 535 g/mol. The number of piperidine rings is 1. The van der Waals surface area contributed by atoms with Gasteiger partial charge in [-0.15, -0.1) is 24.0 Å². The van der Waals surface area contributed by atoms with Crippen LogP contribution in [-0.4, -0.2) is 69.1 Å². The van der Waals surface area contributed by atoms with Crippen molar-refractivity contribution in [3.05, 3.63) is 30.1 Å². The molecule has 3 rings (SSSR count). The first-order chi connectivity index (χ1) is 14.2. The van der Waals surface area contributed by atoms with Crippen molar-refractivity contribution in [1.82, 2.24) is 10.2 Å². The van der Waals surface area contributed by atoms with Crippen LogP contribution in [-0.2, 0) is 9.47 Å². The molecule has 8 heteroatoms. The van der Waals surface area contributed by atoms with E-state index in [1.165, 1.54) is 25.0 Å². The van der Waals surface area contributed by atoms with Gasteiger partial charge in [-0.25, -0.2) is 9.38 Å². The monoisotopic (exact) mass is 535 g/mol. The van der Waals surface area contributed by atoms with Crippen molar-refractivity contribution in [3.8, 4) is 5.75 Å². The minimum Gasteiger partial charge on any atom is -0.492 e. The van der Waals surface area contributed by atoms with Gasteiger partial charge in [-0.3, -0.25) is 0 Å². The van der Waals surface area contributed by atoms with Gasteiger partial charge in [0.2, 0.25) is 0 Å². The molecule has 0 bridgehead atoms. The molecule has 2 fully saturated rings. The maximum atomic E-state index is 13.2. The molecular formula is C22H35FIN3O3. The molecule has 2 aliphatic rings. The fourth-order valence-electron chi connectivity index (χ4n) is 3.71. The maximum Gasteiger partial charge on any atom is 0.194 e. The van der Waals surface area contributed by atoms with Gasteiger partial charge in [-0.05, 0) is 51.2 Å². The highest BCUT2D eigenvalue weighted by Gasteiger charge is 2.23. The van der Waals surface area contributed by atoms with Crippen LogP contribution in [0.3, 0.4) is 0 Å². The minimum atomic E-state index is -0.292. The summed E-state index contributed by atoms with van der Waals surface area (Å²) in [6, 6.07) is 6.19. The number of ether oxygens (including phenoxy) is 3. The Bertz CT molecular complexity index is 636. The van der Waals surface area contributed by atoms with Crippen LogP contribution in [0.4, 0.5) is 4.39 Å². The number of rotatable bonds is 8. The highest BCUT2D eigenvalue weighted by molar-refractivity contribution is 14.0. The Morgan fingerprint density at radius 3 is 2.80 bits per heavy atom. The topological polar surface area (TPSA) is 55.3 Å². The molecule has 0 aliphatic carbocycles. The number of guanidine groups is 1. The third-order valence-electron chi connectivity index (χ3n) is 5.29. The quantitative estimate of drug-likeness (QED) is 0.237. The van der Waals surface area contributed by atoms with Crippen LogP contribution in [0.2, 0.25) is 0 Å².